The van der Waals surface area contributed by atoms with Crippen LogP contribution in [0.3, 0.4) is 0 Å². The average molecular weight is 306 g/mol. The Bertz CT molecular complexity index is 552. The van der Waals surface area contributed by atoms with Crippen LogP contribution < -0.4 is 10.1 Å². The van der Waals surface area contributed by atoms with Gasteiger partial charge in [0.05, 0.1) is 16.9 Å². The molecule has 5 nitrogen and oxygen atoms in total. The van der Waals surface area contributed by atoms with E-state index in [1.165, 1.54) is 12.1 Å². The van der Waals surface area contributed by atoms with Crippen LogP contribution in [0.25, 0.3) is 0 Å². The molecule has 0 radical (unpaired) electrons. The largest absolute Gasteiger partial charge is 0.481 e. The predicted octanol–water partition coefficient (Wildman–Crippen LogP) is 2.60. The maximum absolute atomic E-state index is 12.1. The van der Waals surface area contributed by atoms with Gasteiger partial charge >= 0.3 is 12.6 Å². The first-order valence-corrected chi connectivity index (χ1v) is 6.04. The van der Waals surface area contributed by atoms with Crippen LogP contribution in [0, 0.1) is 11.8 Å². The Labute approximate surface area is 117 Å². The second kappa shape index (κ2) is 5.62. The Morgan fingerprint density at radius 2 is 2.10 bits per heavy atom. The fourth-order valence-electron chi connectivity index (χ4n) is 1.76. The van der Waals surface area contributed by atoms with Crippen molar-refractivity contribution in [2.45, 2.75) is 13.0 Å². The molecule has 1 aromatic carbocycles. The van der Waals surface area contributed by atoms with Crippen molar-refractivity contribution in [3.05, 3.63) is 23.2 Å². The van der Waals surface area contributed by atoms with Crippen LogP contribution in [0.1, 0.15) is 6.42 Å². The van der Waals surface area contributed by atoms with Gasteiger partial charge in [-0.25, -0.2) is 0 Å². The molecule has 0 aromatic heterocycles. The number of carbonyl (C=O) groups is 2. The number of carbonyl (C=O) groups excluding carboxylic acids is 1. The Morgan fingerprint density at radius 3 is 2.65 bits per heavy atom. The van der Waals surface area contributed by atoms with E-state index < -0.39 is 30.3 Å². The van der Waals surface area contributed by atoms with Gasteiger partial charge < -0.3 is 15.2 Å². The van der Waals surface area contributed by atoms with Crippen molar-refractivity contribution in [1.29, 1.82) is 0 Å². The number of hydrogen-bond donors (Lipinski definition) is 2. The highest BCUT2D eigenvalue weighted by molar-refractivity contribution is 6.32. The Balaban J connectivity index is 2.03. The number of halogens is 3. The highest BCUT2D eigenvalue weighted by atomic mass is 35.5. The molecule has 0 heterocycles. The molecule has 1 saturated carbocycles. The van der Waals surface area contributed by atoms with Gasteiger partial charge in [-0.2, -0.15) is 8.78 Å². The van der Waals surface area contributed by atoms with Gasteiger partial charge in [0.2, 0.25) is 5.91 Å². The summed E-state index contributed by atoms with van der Waals surface area (Å²) in [4.78, 5) is 22.4. The number of hydrogen-bond acceptors (Lipinski definition) is 3. The molecule has 20 heavy (non-hydrogen) atoms. The lowest BCUT2D eigenvalue weighted by atomic mass is 10.2. The maximum Gasteiger partial charge on any atom is 0.387 e. The minimum absolute atomic E-state index is 0.0156. The Hall–Kier alpha value is -1.89. The number of carboxylic acid groups (broad SMARTS) is 1. The molecule has 1 amide bonds. The summed E-state index contributed by atoms with van der Waals surface area (Å²) in [6, 6.07) is 3.87. The number of aliphatic carboxylic acids is 1. The van der Waals surface area contributed by atoms with E-state index in [9.17, 15) is 18.4 Å². The number of benzene rings is 1. The van der Waals surface area contributed by atoms with Crippen molar-refractivity contribution < 1.29 is 28.2 Å². The SMILES string of the molecule is O=C(O)[C@H]1C[C@H]1C(=O)Nc1ccc(Cl)c(OC(F)F)c1. The van der Waals surface area contributed by atoms with Gasteiger partial charge in [-0.15, -0.1) is 0 Å². The van der Waals surface area contributed by atoms with E-state index in [4.69, 9.17) is 16.7 Å². The van der Waals surface area contributed by atoms with E-state index in [0.717, 1.165) is 6.07 Å². The lowest BCUT2D eigenvalue weighted by molar-refractivity contribution is -0.139. The van der Waals surface area contributed by atoms with Crippen LogP contribution >= 0.6 is 11.6 Å². The van der Waals surface area contributed by atoms with Crippen LogP contribution in [0.5, 0.6) is 5.75 Å². The monoisotopic (exact) mass is 305 g/mol. The summed E-state index contributed by atoms with van der Waals surface area (Å²) in [6.07, 6.45) is 0.273. The molecule has 2 N–H and O–H groups in total. The van der Waals surface area contributed by atoms with E-state index >= 15 is 0 Å². The van der Waals surface area contributed by atoms with E-state index in [1.807, 2.05) is 0 Å². The fraction of sp³-hybridized carbons (Fsp3) is 0.333. The minimum atomic E-state index is -3.03. The molecule has 0 saturated heterocycles. The van der Waals surface area contributed by atoms with E-state index in [1.54, 1.807) is 0 Å². The molecule has 1 aromatic rings. The molecule has 1 aliphatic rings. The van der Waals surface area contributed by atoms with Crippen LogP contribution in [-0.2, 0) is 9.59 Å². The highest BCUT2D eigenvalue weighted by Crippen LogP contribution is 2.39. The second-order valence-electron chi connectivity index (χ2n) is 4.30. The number of carboxylic acids is 1. The summed E-state index contributed by atoms with van der Waals surface area (Å²) in [5.41, 5.74) is 0.214. The lowest BCUT2D eigenvalue weighted by Gasteiger charge is -2.10. The predicted molar refractivity (Wildman–Crippen MR) is 65.9 cm³/mol. The van der Waals surface area contributed by atoms with Crippen molar-refractivity contribution in [2.75, 3.05) is 5.32 Å². The van der Waals surface area contributed by atoms with Crippen LogP contribution in [-0.4, -0.2) is 23.6 Å². The maximum atomic E-state index is 12.1. The molecular formula is C12H10ClF2NO4. The molecule has 0 aliphatic heterocycles. The number of nitrogens with one attached hydrogen (secondary N) is 1. The summed E-state index contributed by atoms with van der Waals surface area (Å²) >= 11 is 5.67. The molecule has 0 bridgehead atoms. The van der Waals surface area contributed by atoms with E-state index in [2.05, 4.69) is 10.1 Å². The number of alkyl halides is 2. The van der Waals surface area contributed by atoms with Crippen LogP contribution in [0.2, 0.25) is 5.02 Å². The zero-order valence-electron chi connectivity index (χ0n) is 9.98. The third-order valence-electron chi connectivity index (χ3n) is 2.86. The van der Waals surface area contributed by atoms with Crippen molar-refractivity contribution in [3.8, 4) is 5.75 Å². The van der Waals surface area contributed by atoms with Gasteiger partial charge in [0.15, 0.2) is 0 Å². The summed E-state index contributed by atoms with van der Waals surface area (Å²) in [5, 5.41) is 11.1. The average Bonchev–Trinajstić information content (AvgIpc) is 3.13. The third-order valence-corrected chi connectivity index (χ3v) is 3.17. The van der Waals surface area contributed by atoms with Gasteiger partial charge in [0, 0.05) is 11.8 Å². The summed E-state index contributed by atoms with van der Waals surface area (Å²) < 4.78 is 28.5. The van der Waals surface area contributed by atoms with Gasteiger partial charge in [-0.3, -0.25) is 9.59 Å². The summed E-state index contributed by atoms with van der Waals surface area (Å²) in [7, 11) is 0. The smallest absolute Gasteiger partial charge is 0.387 e. The first kappa shape index (κ1) is 14.5. The van der Waals surface area contributed by atoms with Gasteiger partial charge in [0.25, 0.3) is 0 Å². The summed E-state index contributed by atoms with van der Waals surface area (Å²) in [5.74, 6) is -3.03. The molecule has 1 aliphatic carbocycles. The topological polar surface area (TPSA) is 75.6 Å². The van der Waals surface area contributed by atoms with Gasteiger partial charge in [-0.1, -0.05) is 11.6 Å². The molecule has 2 atom stereocenters. The van der Waals surface area contributed by atoms with Crippen LogP contribution in [0.4, 0.5) is 14.5 Å². The molecule has 108 valence electrons. The van der Waals surface area contributed by atoms with Crippen molar-refractivity contribution in [1.82, 2.24) is 0 Å². The number of anilines is 1. The molecule has 1 fully saturated rings. The molecule has 8 heteroatoms. The first-order chi connectivity index (χ1) is 9.38. The quantitative estimate of drug-likeness (QED) is 0.877. The van der Waals surface area contributed by atoms with Crippen molar-refractivity contribution in [2.24, 2.45) is 11.8 Å². The molecule has 0 unspecified atom stereocenters. The number of rotatable bonds is 5. The third kappa shape index (κ3) is 3.36. The molecule has 0 spiro atoms. The first-order valence-electron chi connectivity index (χ1n) is 5.66. The molecular weight excluding hydrogens is 296 g/mol. The lowest BCUT2D eigenvalue weighted by Crippen LogP contribution is -2.16. The summed E-state index contributed by atoms with van der Waals surface area (Å²) in [6.45, 7) is -3.03. The second-order valence-corrected chi connectivity index (χ2v) is 4.71. The van der Waals surface area contributed by atoms with E-state index in [-0.39, 0.29) is 22.9 Å². The zero-order chi connectivity index (χ0) is 14.9. The number of amides is 1. The minimum Gasteiger partial charge on any atom is -0.481 e. The van der Waals surface area contributed by atoms with Crippen molar-refractivity contribution >= 4 is 29.2 Å². The van der Waals surface area contributed by atoms with Crippen molar-refractivity contribution in [3.63, 3.8) is 0 Å². The zero-order valence-corrected chi connectivity index (χ0v) is 10.7. The normalized spacial score (nSPS) is 20.6. The number of ether oxygens (including phenoxy) is 1. The fourth-order valence-corrected chi connectivity index (χ4v) is 1.92. The van der Waals surface area contributed by atoms with E-state index in [0.29, 0.717) is 0 Å². The Kier molecular flexibility index (Phi) is 4.08. The Morgan fingerprint density at radius 1 is 1.40 bits per heavy atom. The van der Waals surface area contributed by atoms with Gasteiger partial charge in [0.1, 0.15) is 5.75 Å². The molecule has 2 rings (SSSR count). The van der Waals surface area contributed by atoms with Gasteiger partial charge in [-0.05, 0) is 18.6 Å². The standard InChI is InChI=1S/C12H10ClF2NO4/c13-8-2-1-5(3-9(8)20-12(14)15)16-10(17)6-4-7(6)11(18)19/h1-3,6-7,12H,4H2,(H,16,17)(H,18,19)/t6-,7+/m1/s1. The highest BCUT2D eigenvalue weighted by Gasteiger charge is 2.48. The van der Waals surface area contributed by atoms with Crippen LogP contribution in [0.15, 0.2) is 18.2 Å².